The van der Waals surface area contributed by atoms with E-state index in [1.165, 1.54) is 0 Å². The van der Waals surface area contributed by atoms with Crippen molar-refractivity contribution in [2.45, 2.75) is 6.92 Å². The van der Waals surface area contributed by atoms with Gasteiger partial charge in [-0.15, -0.1) is 0 Å². The number of nitrogens with one attached hydrogen (secondary N) is 1. The van der Waals surface area contributed by atoms with Gasteiger partial charge in [0.2, 0.25) is 5.91 Å². The SMILES string of the molecule is Cc1ccc(-c2ccccc2NC(=O)CN)o1. The van der Waals surface area contributed by atoms with Crippen LogP contribution in [0.4, 0.5) is 5.69 Å². The predicted molar refractivity (Wildman–Crippen MR) is 66.6 cm³/mol. The van der Waals surface area contributed by atoms with Gasteiger partial charge < -0.3 is 15.5 Å². The van der Waals surface area contributed by atoms with Crippen LogP contribution in [-0.4, -0.2) is 12.5 Å². The van der Waals surface area contributed by atoms with Crippen molar-refractivity contribution in [3.8, 4) is 11.3 Å². The van der Waals surface area contributed by atoms with Crippen molar-refractivity contribution in [1.82, 2.24) is 0 Å². The van der Waals surface area contributed by atoms with Crippen LogP contribution in [0, 0.1) is 6.92 Å². The maximum Gasteiger partial charge on any atom is 0.238 e. The van der Waals surface area contributed by atoms with E-state index in [1.54, 1.807) is 0 Å². The average Bonchev–Trinajstić information content (AvgIpc) is 2.76. The smallest absolute Gasteiger partial charge is 0.238 e. The summed E-state index contributed by atoms with van der Waals surface area (Å²) in [6.45, 7) is 1.84. The first kappa shape index (κ1) is 11.4. The number of para-hydroxylation sites is 1. The normalized spacial score (nSPS) is 10.2. The molecule has 0 fully saturated rings. The minimum absolute atomic E-state index is 0.0362. The first-order valence-electron chi connectivity index (χ1n) is 5.36. The Morgan fingerprint density at radius 3 is 2.71 bits per heavy atom. The molecule has 17 heavy (non-hydrogen) atoms. The van der Waals surface area contributed by atoms with E-state index in [0.29, 0.717) is 5.69 Å². The monoisotopic (exact) mass is 230 g/mol. The summed E-state index contributed by atoms with van der Waals surface area (Å²) in [5.74, 6) is 1.34. The standard InChI is InChI=1S/C13H14N2O2/c1-9-6-7-12(17-9)10-4-2-3-5-11(10)15-13(16)8-14/h2-7H,8,14H2,1H3,(H,15,16). The number of hydrogen-bond donors (Lipinski definition) is 2. The third-order valence-corrected chi connectivity index (χ3v) is 2.39. The molecule has 0 saturated carbocycles. The van der Waals surface area contributed by atoms with Gasteiger partial charge >= 0.3 is 0 Å². The molecule has 4 heteroatoms. The lowest BCUT2D eigenvalue weighted by molar-refractivity contribution is -0.114. The molecule has 88 valence electrons. The molecule has 2 aromatic rings. The largest absolute Gasteiger partial charge is 0.461 e. The van der Waals surface area contributed by atoms with Crippen LogP contribution in [-0.2, 0) is 4.79 Å². The fourth-order valence-corrected chi connectivity index (χ4v) is 1.59. The van der Waals surface area contributed by atoms with Gasteiger partial charge in [-0.05, 0) is 31.2 Å². The van der Waals surface area contributed by atoms with Crippen molar-refractivity contribution in [2.75, 3.05) is 11.9 Å². The molecule has 0 spiro atoms. The lowest BCUT2D eigenvalue weighted by Gasteiger charge is -2.08. The highest BCUT2D eigenvalue weighted by atomic mass is 16.3. The quantitative estimate of drug-likeness (QED) is 0.848. The number of benzene rings is 1. The maximum atomic E-state index is 11.3. The Morgan fingerprint density at radius 1 is 1.29 bits per heavy atom. The van der Waals surface area contributed by atoms with Gasteiger partial charge in [-0.3, -0.25) is 4.79 Å². The second-order valence-electron chi connectivity index (χ2n) is 3.71. The molecule has 1 heterocycles. The zero-order chi connectivity index (χ0) is 12.3. The van der Waals surface area contributed by atoms with Crippen molar-refractivity contribution in [3.05, 3.63) is 42.2 Å². The van der Waals surface area contributed by atoms with Crippen LogP contribution < -0.4 is 11.1 Å². The third kappa shape index (κ3) is 2.54. The number of anilines is 1. The number of furan rings is 1. The number of carbonyl (C=O) groups is 1. The Hall–Kier alpha value is -2.07. The Bertz CT molecular complexity index is 532. The fourth-order valence-electron chi connectivity index (χ4n) is 1.59. The van der Waals surface area contributed by atoms with Crippen molar-refractivity contribution in [3.63, 3.8) is 0 Å². The highest BCUT2D eigenvalue weighted by molar-refractivity contribution is 5.95. The van der Waals surface area contributed by atoms with Gasteiger partial charge in [0.1, 0.15) is 11.5 Å². The van der Waals surface area contributed by atoms with E-state index >= 15 is 0 Å². The zero-order valence-corrected chi connectivity index (χ0v) is 9.57. The molecule has 0 atom stereocenters. The van der Waals surface area contributed by atoms with Gasteiger partial charge in [-0.25, -0.2) is 0 Å². The summed E-state index contributed by atoms with van der Waals surface area (Å²) in [7, 11) is 0. The number of aryl methyl sites for hydroxylation is 1. The van der Waals surface area contributed by atoms with Crippen LogP contribution in [0.3, 0.4) is 0 Å². The molecule has 0 aliphatic rings. The Morgan fingerprint density at radius 2 is 2.06 bits per heavy atom. The Balaban J connectivity index is 2.37. The van der Waals surface area contributed by atoms with E-state index in [4.69, 9.17) is 10.2 Å². The fraction of sp³-hybridized carbons (Fsp3) is 0.154. The number of rotatable bonds is 3. The first-order valence-corrected chi connectivity index (χ1v) is 5.36. The number of amides is 1. The summed E-state index contributed by atoms with van der Waals surface area (Å²) in [4.78, 5) is 11.3. The molecule has 3 N–H and O–H groups in total. The molecule has 0 saturated heterocycles. The van der Waals surface area contributed by atoms with Gasteiger partial charge in [-0.1, -0.05) is 12.1 Å². The minimum atomic E-state index is -0.222. The molecule has 4 nitrogen and oxygen atoms in total. The lowest BCUT2D eigenvalue weighted by atomic mass is 10.1. The maximum absolute atomic E-state index is 11.3. The third-order valence-electron chi connectivity index (χ3n) is 2.39. The van der Waals surface area contributed by atoms with Crippen molar-refractivity contribution in [1.29, 1.82) is 0 Å². The minimum Gasteiger partial charge on any atom is -0.461 e. The van der Waals surface area contributed by atoms with Crippen molar-refractivity contribution < 1.29 is 9.21 Å². The summed E-state index contributed by atoms with van der Waals surface area (Å²) < 4.78 is 5.54. The zero-order valence-electron chi connectivity index (χ0n) is 9.57. The van der Waals surface area contributed by atoms with E-state index in [2.05, 4.69) is 5.32 Å². The second-order valence-corrected chi connectivity index (χ2v) is 3.71. The van der Waals surface area contributed by atoms with Gasteiger partial charge in [-0.2, -0.15) is 0 Å². The van der Waals surface area contributed by atoms with Crippen LogP contribution in [0.1, 0.15) is 5.76 Å². The van der Waals surface area contributed by atoms with Gasteiger partial charge in [0.15, 0.2) is 0 Å². The Labute approximate surface area is 99.4 Å². The highest BCUT2D eigenvalue weighted by Gasteiger charge is 2.09. The van der Waals surface area contributed by atoms with Gasteiger partial charge in [0.25, 0.3) is 0 Å². The molecular weight excluding hydrogens is 216 g/mol. The van der Waals surface area contributed by atoms with E-state index in [0.717, 1.165) is 17.1 Å². The molecule has 0 radical (unpaired) electrons. The van der Waals surface area contributed by atoms with Gasteiger partial charge in [0, 0.05) is 5.56 Å². The second kappa shape index (κ2) is 4.84. The summed E-state index contributed by atoms with van der Waals surface area (Å²) in [6.07, 6.45) is 0. The van der Waals surface area contributed by atoms with Crippen LogP contribution in [0.25, 0.3) is 11.3 Å². The van der Waals surface area contributed by atoms with Crippen LogP contribution >= 0.6 is 0 Å². The molecule has 0 unspecified atom stereocenters. The molecule has 1 amide bonds. The van der Waals surface area contributed by atoms with Crippen molar-refractivity contribution >= 4 is 11.6 Å². The average molecular weight is 230 g/mol. The highest BCUT2D eigenvalue weighted by Crippen LogP contribution is 2.29. The lowest BCUT2D eigenvalue weighted by Crippen LogP contribution is -2.22. The summed E-state index contributed by atoms with van der Waals surface area (Å²) in [5, 5.41) is 2.74. The van der Waals surface area contributed by atoms with E-state index in [1.807, 2.05) is 43.3 Å². The van der Waals surface area contributed by atoms with Crippen LogP contribution in [0.5, 0.6) is 0 Å². The summed E-state index contributed by atoms with van der Waals surface area (Å²) in [5.41, 5.74) is 6.83. The molecule has 0 bridgehead atoms. The predicted octanol–water partition coefficient (Wildman–Crippen LogP) is 2.15. The Kier molecular flexibility index (Phi) is 3.25. The molecular formula is C13H14N2O2. The van der Waals surface area contributed by atoms with E-state index in [9.17, 15) is 4.79 Å². The van der Waals surface area contributed by atoms with Crippen LogP contribution in [0.2, 0.25) is 0 Å². The number of carbonyl (C=O) groups excluding carboxylic acids is 1. The van der Waals surface area contributed by atoms with Crippen LogP contribution in [0.15, 0.2) is 40.8 Å². The first-order chi connectivity index (χ1) is 8.20. The van der Waals surface area contributed by atoms with Gasteiger partial charge in [0.05, 0.1) is 12.2 Å². The molecule has 1 aromatic carbocycles. The van der Waals surface area contributed by atoms with E-state index in [-0.39, 0.29) is 12.5 Å². The molecule has 2 rings (SSSR count). The summed E-state index contributed by atoms with van der Waals surface area (Å²) in [6, 6.07) is 11.2. The molecule has 0 aliphatic carbocycles. The number of hydrogen-bond acceptors (Lipinski definition) is 3. The topological polar surface area (TPSA) is 68.3 Å². The molecule has 0 aliphatic heterocycles. The number of nitrogens with two attached hydrogens (primary N) is 1. The molecule has 1 aromatic heterocycles. The summed E-state index contributed by atoms with van der Waals surface area (Å²) >= 11 is 0. The van der Waals surface area contributed by atoms with Crippen molar-refractivity contribution in [2.24, 2.45) is 5.73 Å². The van der Waals surface area contributed by atoms with E-state index < -0.39 is 0 Å².